The highest BCUT2D eigenvalue weighted by molar-refractivity contribution is 5.98. The lowest BCUT2D eigenvalue weighted by atomic mass is 10.2. The van der Waals surface area contributed by atoms with Gasteiger partial charge in [0.15, 0.2) is 0 Å². The van der Waals surface area contributed by atoms with E-state index >= 15 is 0 Å². The Kier molecular flexibility index (Phi) is 4.24. The third-order valence-electron chi connectivity index (χ3n) is 4.82. The number of carbonyl (C=O) groups excluding carboxylic acids is 2. The minimum Gasteiger partial charge on any atom is -0.447 e. The van der Waals surface area contributed by atoms with Crippen LogP contribution in [0.15, 0.2) is 24.3 Å². The van der Waals surface area contributed by atoms with Gasteiger partial charge in [0.05, 0.1) is 30.2 Å². The first-order chi connectivity index (χ1) is 12.6. The molecule has 1 saturated heterocycles. The van der Waals surface area contributed by atoms with Gasteiger partial charge in [-0.3, -0.25) is 10.00 Å². The van der Waals surface area contributed by atoms with Crippen LogP contribution in [-0.2, 0) is 24.1 Å². The molecule has 2 heterocycles. The molecule has 0 atom stereocenters. The van der Waals surface area contributed by atoms with E-state index in [0.29, 0.717) is 31.1 Å². The zero-order valence-electron chi connectivity index (χ0n) is 14.6. The van der Waals surface area contributed by atoms with Gasteiger partial charge in [0.2, 0.25) is 0 Å². The van der Waals surface area contributed by atoms with Crippen LogP contribution in [-0.4, -0.2) is 47.4 Å². The Morgan fingerprint density at radius 1 is 1.38 bits per heavy atom. The number of rotatable bonds is 4. The number of amides is 3. The topological polar surface area (TPSA) is 90.6 Å². The third-order valence-corrected chi connectivity index (χ3v) is 4.82. The smallest absolute Gasteiger partial charge is 0.414 e. The normalized spacial score (nSPS) is 15.7. The number of cyclic esters (lactones) is 1. The molecule has 1 fully saturated rings. The van der Waals surface area contributed by atoms with Crippen molar-refractivity contribution in [3.05, 3.63) is 41.2 Å². The molecule has 1 aliphatic carbocycles. The molecule has 2 N–H and O–H groups in total. The Bertz CT molecular complexity index is 847. The van der Waals surface area contributed by atoms with E-state index in [-0.39, 0.29) is 6.03 Å². The quantitative estimate of drug-likeness (QED) is 0.882. The van der Waals surface area contributed by atoms with Crippen LogP contribution >= 0.6 is 0 Å². The second-order valence-corrected chi connectivity index (χ2v) is 6.55. The molecule has 3 amide bonds. The fourth-order valence-corrected chi connectivity index (χ4v) is 3.45. The molecule has 26 heavy (non-hydrogen) atoms. The number of aryl methyl sites for hydroxylation is 1. The van der Waals surface area contributed by atoms with E-state index in [1.165, 1.54) is 16.2 Å². The van der Waals surface area contributed by atoms with Gasteiger partial charge in [0.1, 0.15) is 6.61 Å². The highest BCUT2D eigenvalue weighted by atomic mass is 16.6. The summed E-state index contributed by atoms with van der Waals surface area (Å²) in [6.07, 6.45) is 2.77. The zero-order chi connectivity index (χ0) is 18.1. The number of hydrogen-bond donors (Lipinski definition) is 2. The van der Waals surface area contributed by atoms with Crippen molar-refractivity contribution in [1.82, 2.24) is 15.1 Å². The largest absolute Gasteiger partial charge is 0.447 e. The molecule has 8 nitrogen and oxygen atoms in total. The number of aromatic amines is 1. The Balaban J connectivity index is 1.47. The van der Waals surface area contributed by atoms with Crippen LogP contribution in [0, 0.1) is 0 Å². The van der Waals surface area contributed by atoms with Gasteiger partial charge in [-0.25, -0.2) is 9.59 Å². The molecule has 1 aromatic carbocycles. The van der Waals surface area contributed by atoms with Crippen LogP contribution < -0.4 is 10.2 Å². The first-order valence-electron chi connectivity index (χ1n) is 8.74. The van der Waals surface area contributed by atoms with Crippen molar-refractivity contribution in [1.29, 1.82) is 0 Å². The van der Waals surface area contributed by atoms with E-state index in [1.54, 1.807) is 24.1 Å². The van der Waals surface area contributed by atoms with E-state index in [9.17, 15) is 9.59 Å². The third kappa shape index (κ3) is 2.98. The summed E-state index contributed by atoms with van der Waals surface area (Å²) in [6.45, 7) is 1.26. The summed E-state index contributed by atoms with van der Waals surface area (Å²) in [4.78, 5) is 27.6. The fraction of sp³-hybridized carbons (Fsp3) is 0.389. The molecular weight excluding hydrogens is 334 g/mol. The van der Waals surface area contributed by atoms with Gasteiger partial charge in [-0.15, -0.1) is 0 Å². The van der Waals surface area contributed by atoms with Crippen molar-refractivity contribution in [3.8, 4) is 0 Å². The number of carbonyl (C=O) groups is 2. The second kappa shape index (κ2) is 6.70. The summed E-state index contributed by atoms with van der Waals surface area (Å²) in [7, 11) is 1.73. The molecule has 0 radical (unpaired) electrons. The maximum Gasteiger partial charge on any atom is 0.414 e. The highest BCUT2D eigenvalue weighted by Gasteiger charge is 2.26. The van der Waals surface area contributed by atoms with E-state index in [4.69, 9.17) is 4.74 Å². The number of ether oxygens (including phenoxy) is 1. The minimum absolute atomic E-state index is 0.250. The van der Waals surface area contributed by atoms with Gasteiger partial charge in [-0.2, -0.15) is 5.10 Å². The lowest BCUT2D eigenvalue weighted by Gasteiger charge is -2.21. The molecule has 1 aromatic heterocycles. The number of anilines is 2. The van der Waals surface area contributed by atoms with Gasteiger partial charge < -0.3 is 15.0 Å². The van der Waals surface area contributed by atoms with Crippen LogP contribution in [0.5, 0.6) is 0 Å². The maximum absolute atomic E-state index is 12.6. The van der Waals surface area contributed by atoms with Gasteiger partial charge in [0.25, 0.3) is 0 Å². The van der Waals surface area contributed by atoms with Gasteiger partial charge in [0, 0.05) is 12.7 Å². The molecule has 8 heteroatoms. The molecule has 2 aromatic rings. The molecule has 0 unspecified atom stereocenters. The van der Waals surface area contributed by atoms with Crippen molar-refractivity contribution in [3.63, 3.8) is 0 Å². The van der Waals surface area contributed by atoms with Gasteiger partial charge >= 0.3 is 12.1 Å². The maximum atomic E-state index is 12.6. The summed E-state index contributed by atoms with van der Waals surface area (Å²) in [5.41, 5.74) is 4.57. The fourth-order valence-electron chi connectivity index (χ4n) is 3.45. The van der Waals surface area contributed by atoms with E-state index in [2.05, 4.69) is 15.5 Å². The Morgan fingerprint density at radius 2 is 2.23 bits per heavy atom. The number of para-hydroxylation sites is 2. The van der Waals surface area contributed by atoms with E-state index in [0.717, 1.165) is 25.0 Å². The number of benzene rings is 1. The van der Waals surface area contributed by atoms with Crippen LogP contribution in [0.1, 0.15) is 23.4 Å². The van der Waals surface area contributed by atoms with Crippen molar-refractivity contribution in [2.24, 2.45) is 0 Å². The Labute approximate surface area is 151 Å². The molecule has 0 saturated carbocycles. The van der Waals surface area contributed by atoms with Gasteiger partial charge in [-0.05, 0) is 37.0 Å². The average molecular weight is 355 g/mol. The van der Waals surface area contributed by atoms with Crippen molar-refractivity contribution >= 4 is 23.5 Å². The van der Waals surface area contributed by atoms with Crippen LogP contribution in [0.3, 0.4) is 0 Å². The monoisotopic (exact) mass is 355 g/mol. The first kappa shape index (κ1) is 16.4. The van der Waals surface area contributed by atoms with E-state index < -0.39 is 6.09 Å². The summed E-state index contributed by atoms with van der Waals surface area (Å²) in [6, 6.07) is 6.97. The van der Waals surface area contributed by atoms with Crippen molar-refractivity contribution < 1.29 is 14.3 Å². The summed E-state index contributed by atoms with van der Waals surface area (Å²) >= 11 is 0. The summed E-state index contributed by atoms with van der Waals surface area (Å²) in [5, 5.41) is 10.3. The molecule has 136 valence electrons. The molecular formula is C18H21N5O3. The number of nitrogens with zero attached hydrogens (tertiary/aromatic N) is 3. The molecule has 0 spiro atoms. The average Bonchev–Trinajstić information content (AvgIpc) is 3.34. The predicted molar refractivity (Wildman–Crippen MR) is 96.2 cm³/mol. The van der Waals surface area contributed by atoms with E-state index in [1.807, 2.05) is 12.1 Å². The minimum atomic E-state index is -0.396. The molecule has 2 aliphatic rings. The summed E-state index contributed by atoms with van der Waals surface area (Å²) in [5.74, 6) is 0. The predicted octanol–water partition coefficient (Wildman–Crippen LogP) is 2.52. The second-order valence-electron chi connectivity index (χ2n) is 6.55. The van der Waals surface area contributed by atoms with Crippen molar-refractivity contribution in [2.45, 2.75) is 25.8 Å². The number of hydrogen-bond acceptors (Lipinski definition) is 4. The number of H-pyrrole nitrogens is 1. The molecule has 0 bridgehead atoms. The van der Waals surface area contributed by atoms with Crippen LogP contribution in [0.25, 0.3) is 0 Å². The number of fused-ring (bicyclic) bond motifs is 1. The number of aromatic nitrogens is 2. The van der Waals surface area contributed by atoms with Crippen molar-refractivity contribution in [2.75, 3.05) is 30.4 Å². The SMILES string of the molecule is CN(Cc1n[nH]c2c1CCC2)C(=O)Nc1ccccc1N1CCOC1=O. The first-order valence-corrected chi connectivity index (χ1v) is 8.74. The lowest BCUT2D eigenvalue weighted by Crippen LogP contribution is -2.32. The number of urea groups is 1. The zero-order valence-corrected chi connectivity index (χ0v) is 14.6. The standard InChI is InChI=1S/C18H21N5O3/c1-22(11-15-12-5-4-7-13(12)20-21-15)17(24)19-14-6-2-3-8-16(14)23-9-10-26-18(23)25/h2-3,6,8H,4-5,7,9-11H2,1H3,(H,19,24)(H,20,21). The van der Waals surface area contributed by atoms with Gasteiger partial charge in [-0.1, -0.05) is 12.1 Å². The lowest BCUT2D eigenvalue weighted by molar-refractivity contribution is 0.181. The Morgan fingerprint density at radius 3 is 3.04 bits per heavy atom. The molecule has 4 rings (SSSR count). The van der Waals surface area contributed by atoms with Crippen LogP contribution in [0.4, 0.5) is 21.0 Å². The highest BCUT2D eigenvalue weighted by Crippen LogP contribution is 2.28. The Hall–Kier alpha value is -3.03. The number of nitrogens with one attached hydrogen (secondary N) is 2. The molecule has 1 aliphatic heterocycles. The summed E-state index contributed by atoms with van der Waals surface area (Å²) < 4.78 is 4.99. The van der Waals surface area contributed by atoms with Crippen LogP contribution in [0.2, 0.25) is 0 Å².